The van der Waals surface area contributed by atoms with E-state index in [4.69, 9.17) is 0 Å². The van der Waals surface area contributed by atoms with Crippen molar-refractivity contribution in [1.29, 1.82) is 0 Å². The van der Waals surface area contributed by atoms with Gasteiger partial charge in [0.05, 0.1) is 5.52 Å². The molecule has 0 fully saturated rings. The molecular weight excluding hydrogens is 306 g/mol. The van der Waals surface area contributed by atoms with E-state index >= 15 is 0 Å². The summed E-state index contributed by atoms with van der Waals surface area (Å²) in [5.41, 5.74) is 3.35. The Morgan fingerprint density at radius 3 is 2.79 bits per heavy atom. The van der Waals surface area contributed by atoms with Crippen LogP contribution in [0.3, 0.4) is 0 Å². The summed E-state index contributed by atoms with van der Waals surface area (Å²) in [6.45, 7) is 2.00. The average Bonchev–Trinajstić information content (AvgIpc) is 2.17. The summed E-state index contributed by atoms with van der Waals surface area (Å²) in [6, 6.07) is 8.35. The maximum absolute atomic E-state index is 4.47. The summed E-state index contributed by atoms with van der Waals surface area (Å²) < 4.78 is 1.11. The standard InChI is InChI=1S/C11H9Br2N/c1-7-4-10(13)9-5-8(6-12)2-3-11(9)14-7/h2-5H,6H2,1H3. The van der Waals surface area contributed by atoms with Crippen molar-refractivity contribution in [3.05, 3.63) is 40.0 Å². The molecule has 0 amide bonds. The second kappa shape index (κ2) is 3.99. The molecule has 0 spiro atoms. The Balaban J connectivity index is 2.75. The lowest BCUT2D eigenvalue weighted by Crippen LogP contribution is -1.86. The number of hydrogen-bond donors (Lipinski definition) is 0. The molecule has 1 aromatic heterocycles. The number of aromatic nitrogens is 1. The topological polar surface area (TPSA) is 12.9 Å². The summed E-state index contributed by atoms with van der Waals surface area (Å²) in [5.74, 6) is 0. The Labute approximate surface area is 99.8 Å². The highest BCUT2D eigenvalue weighted by atomic mass is 79.9. The minimum atomic E-state index is 0.878. The van der Waals surface area contributed by atoms with Crippen molar-refractivity contribution in [2.75, 3.05) is 0 Å². The number of alkyl halides is 1. The fraction of sp³-hybridized carbons (Fsp3) is 0.182. The zero-order valence-corrected chi connectivity index (χ0v) is 10.9. The molecule has 0 saturated carbocycles. The first-order valence-corrected chi connectivity index (χ1v) is 6.24. The van der Waals surface area contributed by atoms with E-state index in [9.17, 15) is 0 Å². The highest BCUT2D eigenvalue weighted by molar-refractivity contribution is 9.10. The molecule has 1 nitrogen and oxygen atoms in total. The van der Waals surface area contributed by atoms with Gasteiger partial charge < -0.3 is 0 Å². The summed E-state index contributed by atoms with van der Waals surface area (Å²) in [4.78, 5) is 4.47. The summed E-state index contributed by atoms with van der Waals surface area (Å²) in [7, 11) is 0. The molecule has 72 valence electrons. The first-order valence-electron chi connectivity index (χ1n) is 4.32. The Bertz CT molecular complexity index is 480. The van der Waals surface area contributed by atoms with Crippen LogP contribution in [0.5, 0.6) is 0 Å². The molecule has 3 heteroatoms. The van der Waals surface area contributed by atoms with Crippen molar-refractivity contribution < 1.29 is 0 Å². The number of benzene rings is 1. The zero-order chi connectivity index (χ0) is 10.1. The molecule has 1 aromatic carbocycles. The van der Waals surface area contributed by atoms with E-state index in [0.717, 1.165) is 21.0 Å². The van der Waals surface area contributed by atoms with Gasteiger partial charge in [-0.1, -0.05) is 37.9 Å². The molecule has 0 N–H and O–H groups in total. The van der Waals surface area contributed by atoms with Crippen molar-refractivity contribution in [1.82, 2.24) is 4.98 Å². The molecular formula is C11H9Br2N. The van der Waals surface area contributed by atoms with Gasteiger partial charge in [-0.2, -0.15) is 0 Å². The lowest BCUT2D eigenvalue weighted by Gasteiger charge is -2.03. The first-order chi connectivity index (χ1) is 6.70. The maximum Gasteiger partial charge on any atom is 0.0716 e. The number of halogens is 2. The second-order valence-electron chi connectivity index (χ2n) is 3.23. The smallest absolute Gasteiger partial charge is 0.0716 e. The molecule has 2 aromatic rings. The van der Waals surface area contributed by atoms with Gasteiger partial charge in [0.1, 0.15) is 0 Å². The summed E-state index contributed by atoms with van der Waals surface area (Å²) in [6.07, 6.45) is 0. The third-order valence-electron chi connectivity index (χ3n) is 2.10. The quantitative estimate of drug-likeness (QED) is 0.719. The van der Waals surface area contributed by atoms with E-state index in [-0.39, 0.29) is 0 Å². The molecule has 0 unspecified atom stereocenters. The lowest BCUT2D eigenvalue weighted by molar-refractivity contribution is 1.24. The minimum absolute atomic E-state index is 0.878. The molecule has 0 radical (unpaired) electrons. The van der Waals surface area contributed by atoms with E-state index in [1.54, 1.807) is 0 Å². The van der Waals surface area contributed by atoms with Crippen LogP contribution in [0.25, 0.3) is 10.9 Å². The molecule has 0 bridgehead atoms. The van der Waals surface area contributed by atoms with Crippen LogP contribution >= 0.6 is 31.9 Å². The molecule has 0 aliphatic rings. The van der Waals surface area contributed by atoms with Crippen molar-refractivity contribution in [3.63, 3.8) is 0 Å². The predicted molar refractivity (Wildman–Crippen MR) is 66.8 cm³/mol. The van der Waals surface area contributed by atoms with Crippen LogP contribution in [0.15, 0.2) is 28.7 Å². The van der Waals surface area contributed by atoms with E-state index in [2.05, 4.69) is 55.0 Å². The number of hydrogen-bond acceptors (Lipinski definition) is 1. The zero-order valence-electron chi connectivity index (χ0n) is 7.72. The predicted octanol–water partition coefficient (Wildman–Crippen LogP) is 4.20. The second-order valence-corrected chi connectivity index (χ2v) is 4.65. The van der Waals surface area contributed by atoms with Gasteiger partial charge in [-0.25, -0.2) is 0 Å². The average molecular weight is 315 g/mol. The third kappa shape index (κ3) is 1.84. The number of pyridine rings is 1. The number of aryl methyl sites for hydroxylation is 1. The number of fused-ring (bicyclic) bond motifs is 1. The van der Waals surface area contributed by atoms with Gasteiger partial charge in [-0.15, -0.1) is 0 Å². The summed E-state index contributed by atoms with van der Waals surface area (Å²) in [5, 5.41) is 2.05. The molecule has 0 aliphatic heterocycles. The normalized spacial score (nSPS) is 10.8. The van der Waals surface area contributed by atoms with Gasteiger partial charge >= 0.3 is 0 Å². The van der Waals surface area contributed by atoms with Crippen molar-refractivity contribution >= 4 is 42.8 Å². The highest BCUT2D eigenvalue weighted by Gasteiger charge is 2.02. The van der Waals surface area contributed by atoms with Gasteiger partial charge in [-0.3, -0.25) is 4.98 Å². The molecule has 1 heterocycles. The molecule has 14 heavy (non-hydrogen) atoms. The van der Waals surface area contributed by atoms with Crippen LogP contribution in [0.2, 0.25) is 0 Å². The minimum Gasteiger partial charge on any atom is -0.253 e. The Hall–Kier alpha value is -0.410. The highest BCUT2D eigenvalue weighted by Crippen LogP contribution is 2.25. The lowest BCUT2D eigenvalue weighted by atomic mass is 10.1. The van der Waals surface area contributed by atoms with Crippen LogP contribution in [0.4, 0.5) is 0 Å². The van der Waals surface area contributed by atoms with E-state index in [0.29, 0.717) is 0 Å². The Kier molecular flexibility index (Phi) is 2.88. The van der Waals surface area contributed by atoms with Crippen molar-refractivity contribution in [2.24, 2.45) is 0 Å². The number of nitrogens with zero attached hydrogens (tertiary/aromatic N) is 1. The molecule has 0 saturated heterocycles. The fourth-order valence-electron chi connectivity index (χ4n) is 1.44. The third-order valence-corrected chi connectivity index (χ3v) is 3.41. The number of rotatable bonds is 1. The first kappa shape index (κ1) is 10.1. The van der Waals surface area contributed by atoms with Crippen LogP contribution in [0, 0.1) is 6.92 Å². The van der Waals surface area contributed by atoms with Crippen molar-refractivity contribution in [2.45, 2.75) is 12.3 Å². The van der Waals surface area contributed by atoms with Crippen LogP contribution in [-0.2, 0) is 5.33 Å². The summed E-state index contributed by atoms with van der Waals surface area (Å²) >= 11 is 7.00. The maximum atomic E-state index is 4.47. The van der Waals surface area contributed by atoms with Crippen LogP contribution in [0.1, 0.15) is 11.3 Å². The van der Waals surface area contributed by atoms with Crippen LogP contribution < -0.4 is 0 Å². The molecule has 2 rings (SSSR count). The monoisotopic (exact) mass is 313 g/mol. The SMILES string of the molecule is Cc1cc(Br)c2cc(CBr)ccc2n1. The van der Waals surface area contributed by atoms with Gasteiger partial charge in [0.2, 0.25) is 0 Å². The molecule has 0 aliphatic carbocycles. The van der Waals surface area contributed by atoms with Gasteiger partial charge in [0.25, 0.3) is 0 Å². The fourth-order valence-corrected chi connectivity index (χ4v) is 2.44. The van der Waals surface area contributed by atoms with Crippen molar-refractivity contribution in [3.8, 4) is 0 Å². The van der Waals surface area contributed by atoms with Gasteiger partial charge in [0, 0.05) is 20.9 Å². The van der Waals surface area contributed by atoms with E-state index < -0.39 is 0 Å². The largest absolute Gasteiger partial charge is 0.253 e. The van der Waals surface area contributed by atoms with Gasteiger partial charge in [-0.05, 0) is 30.7 Å². The van der Waals surface area contributed by atoms with E-state index in [1.165, 1.54) is 10.9 Å². The Morgan fingerprint density at radius 1 is 1.29 bits per heavy atom. The Morgan fingerprint density at radius 2 is 2.07 bits per heavy atom. The van der Waals surface area contributed by atoms with E-state index in [1.807, 2.05) is 13.0 Å². The van der Waals surface area contributed by atoms with Gasteiger partial charge in [0.15, 0.2) is 0 Å². The van der Waals surface area contributed by atoms with Crippen LogP contribution in [-0.4, -0.2) is 4.98 Å². The molecule has 0 atom stereocenters.